The van der Waals surface area contributed by atoms with Crippen LogP contribution in [0, 0.1) is 3.57 Å². The van der Waals surface area contributed by atoms with Crippen molar-refractivity contribution in [1.29, 1.82) is 0 Å². The van der Waals surface area contributed by atoms with Gasteiger partial charge in [0.05, 0.1) is 0 Å². The maximum Gasteiger partial charge on any atom is 0.234 e. The van der Waals surface area contributed by atoms with Gasteiger partial charge in [0.2, 0.25) is 5.12 Å². The fraction of sp³-hybridized carbons (Fsp3) is 0.364. The number of thiol groups is 1. The standard InChI is InChI=1S/C15H12INO2S.C4H10.C3H8/c1-17-14(15(18)20)12-7-2-3-8-13(12)19-11-6-4-5-10(16)9-11;1-3-4-2;1-3-2/h2-9H,1H3,(H,18,20);3-4H2,1-2H3;3H2,1-2H3. The lowest BCUT2D eigenvalue weighted by molar-refractivity contribution is -0.105. The Labute approximate surface area is 183 Å². The molecule has 27 heavy (non-hydrogen) atoms. The third-order valence-corrected chi connectivity index (χ3v) is 3.98. The van der Waals surface area contributed by atoms with E-state index in [1.807, 2.05) is 36.4 Å². The molecular formula is C22H30INO2S. The van der Waals surface area contributed by atoms with Crippen LogP contribution in [0.25, 0.3) is 0 Å². The highest BCUT2D eigenvalue weighted by Gasteiger charge is 2.15. The van der Waals surface area contributed by atoms with Crippen molar-refractivity contribution in [1.82, 2.24) is 0 Å². The zero-order chi connectivity index (χ0) is 20.7. The number of halogens is 1. The molecule has 2 rings (SSSR count). The van der Waals surface area contributed by atoms with Gasteiger partial charge in [-0.05, 0) is 52.9 Å². The maximum atomic E-state index is 11.5. The van der Waals surface area contributed by atoms with Crippen LogP contribution in [0.5, 0.6) is 11.5 Å². The van der Waals surface area contributed by atoms with Gasteiger partial charge in [-0.3, -0.25) is 9.79 Å². The van der Waals surface area contributed by atoms with E-state index in [1.54, 1.807) is 19.2 Å². The van der Waals surface area contributed by atoms with Crippen LogP contribution in [0.1, 0.15) is 52.5 Å². The third-order valence-electron chi connectivity index (χ3n) is 3.09. The summed E-state index contributed by atoms with van der Waals surface area (Å²) in [5.74, 6) is 1.30. The smallest absolute Gasteiger partial charge is 0.234 e. The fourth-order valence-corrected chi connectivity index (χ4v) is 2.48. The van der Waals surface area contributed by atoms with E-state index in [1.165, 1.54) is 19.3 Å². The number of hydrogen-bond acceptors (Lipinski definition) is 3. The van der Waals surface area contributed by atoms with Gasteiger partial charge < -0.3 is 4.74 Å². The number of rotatable bonds is 5. The second-order valence-corrected chi connectivity index (χ2v) is 7.29. The summed E-state index contributed by atoms with van der Waals surface area (Å²) in [7, 11) is 1.56. The van der Waals surface area contributed by atoms with Gasteiger partial charge in [0, 0.05) is 16.2 Å². The summed E-state index contributed by atoms with van der Waals surface area (Å²) < 4.78 is 6.93. The Morgan fingerprint density at radius 2 is 1.63 bits per heavy atom. The van der Waals surface area contributed by atoms with E-state index >= 15 is 0 Å². The van der Waals surface area contributed by atoms with Crippen LogP contribution in [0.4, 0.5) is 0 Å². The van der Waals surface area contributed by atoms with Crippen molar-refractivity contribution in [2.45, 2.75) is 47.0 Å². The van der Waals surface area contributed by atoms with E-state index in [0.717, 1.165) is 3.57 Å². The van der Waals surface area contributed by atoms with Gasteiger partial charge in [0.1, 0.15) is 17.2 Å². The van der Waals surface area contributed by atoms with Crippen LogP contribution in [-0.4, -0.2) is 17.9 Å². The van der Waals surface area contributed by atoms with E-state index in [4.69, 9.17) is 4.74 Å². The largest absolute Gasteiger partial charge is 0.457 e. The summed E-state index contributed by atoms with van der Waals surface area (Å²) in [6, 6.07) is 15.0. The average molecular weight is 499 g/mol. The Bertz CT molecular complexity index is 715. The zero-order valence-electron chi connectivity index (χ0n) is 16.8. The van der Waals surface area contributed by atoms with Gasteiger partial charge in [-0.1, -0.05) is 77.8 Å². The van der Waals surface area contributed by atoms with Gasteiger partial charge in [0.25, 0.3) is 0 Å². The molecule has 2 aromatic carbocycles. The molecule has 0 bridgehead atoms. The normalized spacial score (nSPS) is 10.1. The second-order valence-electron chi connectivity index (χ2n) is 5.64. The first-order valence-electron chi connectivity index (χ1n) is 9.17. The molecule has 148 valence electrons. The lowest BCUT2D eigenvalue weighted by Gasteiger charge is -2.11. The molecule has 0 radical (unpaired) electrons. The van der Waals surface area contributed by atoms with Gasteiger partial charge in [-0.2, -0.15) is 0 Å². The van der Waals surface area contributed by atoms with Crippen molar-refractivity contribution in [2.24, 2.45) is 4.99 Å². The molecule has 0 fully saturated rings. The molecule has 2 aromatic rings. The van der Waals surface area contributed by atoms with Crippen molar-refractivity contribution in [3.63, 3.8) is 0 Å². The SMILES string of the molecule is CCC.CCCC.CN=C(C(=O)S)c1ccccc1Oc1cccc(I)c1. The highest BCUT2D eigenvalue weighted by Crippen LogP contribution is 2.27. The highest BCUT2D eigenvalue weighted by atomic mass is 127. The molecule has 0 saturated carbocycles. The first kappa shape index (κ1) is 25.7. The minimum Gasteiger partial charge on any atom is -0.457 e. The number of para-hydroxylation sites is 1. The van der Waals surface area contributed by atoms with Crippen LogP contribution < -0.4 is 4.74 Å². The zero-order valence-corrected chi connectivity index (χ0v) is 19.9. The Morgan fingerprint density at radius 3 is 2.11 bits per heavy atom. The first-order valence-corrected chi connectivity index (χ1v) is 10.7. The van der Waals surface area contributed by atoms with E-state index in [2.05, 4.69) is 67.9 Å². The van der Waals surface area contributed by atoms with Crippen LogP contribution in [0.3, 0.4) is 0 Å². The van der Waals surface area contributed by atoms with Crippen LogP contribution in [0.2, 0.25) is 0 Å². The molecule has 0 unspecified atom stereocenters. The number of benzene rings is 2. The van der Waals surface area contributed by atoms with E-state index in [0.29, 0.717) is 17.1 Å². The molecule has 5 heteroatoms. The van der Waals surface area contributed by atoms with E-state index in [-0.39, 0.29) is 10.8 Å². The van der Waals surface area contributed by atoms with Crippen molar-refractivity contribution in [2.75, 3.05) is 7.05 Å². The molecule has 0 atom stereocenters. The maximum absolute atomic E-state index is 11.5. The first-order chi connectivity index (χ1) is 12.9. The van der Waals surface area contributed by atoms with Crippen LogP contribution in [-0.2, 0) is 4.79 Å². The van der Waals surface area contributed by atoms with Gasteiger partial charge in [-0.25, -0.2) is 0 Å². The second kappa shape index (κ2) is 15.7. The summed E-state index contributed by atoms with van der Waals surface area (Å²) >= 11 is 6.07. The number of carbonyl (C=O) groups excluding carboxylic acids is 1. The van der Waals surface area contributed by atoms with E-state index < -0.39 is 0 Å². The Hall–Kier alpha value is -1.34. The summed E-state index contributed by atoms with van der Waals surface area (Å²) in [5.41, 5.74) is 0.920. The number of aliphatic imine (C=N–C) groups is 1. The highest BCUT2D eigenvalue weighted by molar-refractivity contribution is 14.1. The monoisotopic (exact) mass is 499 g/mol. The number of carbonyl (C=O) groups is 1. The average Bonchev–Trinajstić information content (AvgIpc) is 2.64. The molecule has 3 nitrogen and oxygen atoms in total. The molecule has 0 amide bonds. The predicted molar refractivity (Wildman–Crippen MR) is 129 cm³/mol. The fourth-order valence-electron chi connectivity index (χ4n) is 1.74. The molecular weight excluding hydrogens is 469 g/mol. The minimum absolute atomic E-state index is 0.287. The molecule has 0 saturated heterocycles. The Balaban J connectivity index is 0.000000836. The topological polar surface area (TPSA) is 38.7 Å². The summed E-state index contributed by atoms with van der Waals surface area (Å²) in [4.78, 5) is 15.5. The molecule has 0 aromatic heterocycles. The molecule has 0 spiro atoms. The number of hydrogen-bond donors (Lipinski definition) is 1. The van der Waals surface area contributed by atoms with Crippen molar-refractivity contribution >= 4 is 46.0 Å². The number of unbranched alkanes of at least 4 members (excludes halogenated alkanes) is 1. The molecule has 0 aliphatic carbocycles. The minimum atomic E-state index is -0.383. The van der Waals surface area contributed by atoms with Crippen molar-refractivity contribution in [3.05, 3.63) is 57.7 Å². The van der Waals surface area contributed by atoms with E-state index in [9.17, 15) is 4.79 Å². The van der Waals surface area contributed by atoms with Crippen molar-refractivity contribution in [3.8, 4) is 11.5 Å². The number of nitrogens with zero attached hydrogens (tertiary/aromatic N) is 1. The summed E-state index contributed by atoms with van der Waals surface area (Å²) in [6.45, 7) is 8.61. The number of ether oxygens (including phenoxy) is 1. The lowest BCUT2D eigenvalue weighted by Crippen LogP contribution is -2.10. The third kappa shape index (κ3) is 10.5. The molecule has 0 aliphatic rings. The van der Waals surface area contributed by atoms with Gasteiger partial charge in [-0.15, -0.1) is 0 Å². The van der Waals surface area contributed by atoms with Crippen LogP contribution >= 0.6 is 35.2 Å². The summed E-state index contributed by atoms with van der Waals surface area (Å²) in [5, 5.41) is -0.383. The Morgan fingerprint density at radius 1 is 1.04 bits per heavy atom. The molecule has 0 N–H and O–H groups in total. The molecule has 0 heterocycles. The lowest BCUT2D eigenvalue weighted by atomic mass is 10.1. The van der Waals surface area contributed by atoms with Gasteiger partial charge >= 0.3 is 0 Å². The van der Waals surface area contributed by atoms with Crippen molar-refractivity contribution < 1.29 is 9.53 Å². The molecule has 0 aliphatic heterocycles. The summed E-state index contributed by atoms with van der Waals surface area (Å²) in [6.07, 6.45) is 3.89. The quantitative estimate of drug-likeness (QED) is 0.269. The van der Waals surface area contributed by atoms with Gasteiger partial charge in [0.15, 0.2) is 0 Å². The Kier molecular flexibility index (Phi) is 14.9. The van der Waals surface area contributed by atoms with Crippen LogP contribution in [0.15, 0.2) is 53.5 Å². The predicted octanol–water partition coefficient (Wildman–Crippen LogP) is 7.18.